The van der Waals surface area contributed by atoms with Gasteiger partial charge in [-0.3, -0.25) is 27.6 Å². The van der Waals surface area contributed by atoms with Crippen molar-refractivity contribution in [3.8, 4) is 0 Å². The van der Waals surface area contributed by atoms with E-state index in [4.69, 9.17) is 9.47 Å². The number of carboxylic acids is 1. The molecule has 0 saturated heterocycles. The Morgan fingerprint density at radius 3 is 1.75 bits per heavy atom. The molecule has 0 saturated carbocycles. The summed E-state index contributed by atoms with van der Waals surface area (Å²) in [6.45, 7) is 6.50. The molecule has 3 unspecified atom stereocenters. The van der Waals surface area contributed by atoms with Gasteiger partial charge in [0.1, 0.15) is 9.79 Å². The average Bonchev–Trinajstić information content (AvgIpc) is 3.64. The third-order valence-electron chi connectivity index (χ3n) is 13.3. The second kappa shape index (κ2) is 20.7. The van der Waals surface area contributed by atoms with Crippen LogP contribution in [0.4, 0.5) is 11.4 Å². The van der Waals surface area contributed by atoms with Crippen LogP contribution in [-0.2, 0) is 75.7 Å². The van der Waals surface area contributed by atoms with Crippen LogP contribution in [0.25, 0.3) is 21.5 Å². The molecule has 6 rings (SSSR count). The van der Waals surface area contributed by atoms with Crippen molar-refractivity contribution in [2.24, 2.45) is 0 Å². The second-order valence-electron chi connectivity index (χ2n) is 17.9. The number of methoxy groups -OCH3 is 1. The molecule has 390 valence electrons. The zero-order chi connectivity index (χ0) is 52.7. The third kappa shape index (κ3) is 11.8. The van der Waals surface area contributed by atoms with E-state index in [0.29, 0.717) is 60.6 Å². The molecule has 26 heteroatoms. The SMILES string of the molecule is CCN1c2ccc3c(S(=O)(=O)O)cc(S(=O)(=O)O)cc3c2C(C)(CCOCCOC)C1C=CC=C1N(CCCCCC(=O)O)c2ccc3c(S(=O)(=O)O)cc(S(=O)(=O)O)cc3c2C1(C)CCCS(=O)(=O)O. The number of hydrogen-bond acceptors (Lipinski definition) is 15. The van der Waals surface area contributed by atoms with Crippen LogP contribution >= 0.6 is 0 Å². The second-order valence-corrected chi connectivity index (χ2v) is 25.1. The minimum absolute atomic E-state index is 0.0297. The van der Waals surface area contributed by atoms with Gasteiger partial charge >= 0.3 is 5.97 Å². The summed E-state index contributed by atoms with van der Waals surface area (Å²) in [5, 5.41) is 9.22. The van der Waals surface area contributed by atoms with Gasteiger partial charge in [0.25, 0.3) is 50.6 Å². The Bertz CT molecular complexity index is 3400. The molecule has 0 radical (unpaired) electrons. The molecule has 4 aromatic carbocycles. The Balaban J connectivity index is 1.62. The van der Waals surface area contributed by atoms with Gasteiger partial charge in [-0.05, 0) is 110 Å². The summed E-state index contributed by atoms with van der Waals surface area (Å²) < 4.78 is 188. The zero-order valence-electron chi connectivity index (χ0n) is 39.0. The molecule has 0 amide bonds. The van der Waals surface area contributed by atoms with Crippen molar-refractivity contribution in [2.45, 2.75) is 102 Å². The number of unbranched alkanes of at least 4 members (excludes halogenated alkanes) is 2. The highest BCUT2D eigenvalue weighted by atomic mass is 32.2. The molecule has 71 heavy (non-hydrogen) atoms. The smallest absolute Gasteiger partial charge is 0.303 e. The van der Waals surface area contributed by atoms with Crippen LogP contribution in [0.1, 0.15) is 76.8 Å². The first kappa shape index (κ1) is 55.7. The summed E-state index contributed by atoms with van der Waals surface area (Å²) in [6, 6.07) is 8.76. The number of rotatable bonds is 23. The van der Waals surface area contributed by atoms with Crippen LogP contribution < -0.4 is 9.80 Å². The summed E-state index contributed by atoms with van der Waals surface area (Å²) in [4.78, 5) is 12.0. The molecule has 0 spiro atoms. The Labute approximate surface area is 412 Å². The van der Waals surface area contributed by atoms with Gasteiger partial charge < -0.3 is 24.4 Å². The first-order valence-corrected chi connectivity index (χ1v) is 29.5. The van der Waals surface area contributed by atoms with E-state index in [1.165, 1.54) is 19.2 Å². The third-order valence-corrected chi connectivity index (χ3v) is 17.5. The predicted molar refractivity (Wildman–Crippen MR) is 262 cm³/mol. The molecule has 2 aliphatic rings. The van der Waals surface area contributed by atoms with Gasteiger partial charge in [0.2, 0.25) is 0 Å². The highest BCUT2D eigenvalue weighted by Crippen LogP contribution is 2.55. The molecule has 0 bridgehead atoms. The lowest BCUT2D eigenvalue weighted by atomic mass is 9.73. The summed E-state index contributed by atoms with van der Waals surface area (Å²) in [5.41, 5.74) is -0.282. The van der Waals surface area contributed by atoms with Crippen molar-refractivity contribution in [1.82, 2.24) is 0 Å². The minimum Gasteiger partial charge on any atom is -0.481 e. The topological polar surface area (TPSA) is 334 Å². The number of carboxylic acid groups (broad SMARTS) is 1. The van der Waals surface area contributed by atoms with Crippen LogP contribution in [0.3, 0.4) is 0 Å². The Morgan fingerprint density at radius 2 is 1.24 bits per heavy atom. The summed E-state index contributed by atoms with van der Waals surface area (Å²) in [7, 11) is -23.4. The van der Waals surface area contributed by atoms with E-state index in [2.05, 4.69) is 0 Å². The van der Waals surface area contributed by atoms with E-state index in [1.807, 2.05) is 29.7 Å². The van der Waals surface area contributed by atoms with E-state index in [1.54, 1.807) is 31.2 Å². The number of fused-ring (bicyclic) bond motifs is 6. The van der Waals surface area contributed by atoms with Crippen molar-refractivity contribution in [3.63, 3.8) is 0 Å². The van der Waals surface area contributed by atoms with Crippen molar-refractivity contribution >= 4 is 89.5 Å². The normalized spacial score (nSPS) is 20.5. The summed E-state index contributed by atoms with van der Waals surface area (Å²) in [5.74, 6) is -1.71. The van der Waals surface area contributed by atoms with Gasteiger partial charge in [0.05, 0.1) is 34.8 Å². The van der Waals surface area contributed by atoms with Crippen LogP contribution in [0.5, 0.6) is 0 Å². The number of likely N-dealkylation sites (N-methyl/N-ethyl adjacent to an activating group) is 1. The van der Waals surface area contributed by atoms with Gasteiger partial charge in [-0.1, -0.05) is 37.6 Å². The minimum atomic E-state index is -5.15. The summed E-state index contributed by atoms with van der Waals surface area (Å²) >= 11 is 0. The van der Waals surface area contributed by atoms with Crippen LogP contribution in [0.2, 0.25) is 0 Å². The Kier molecular flexibility index (Phi) is 16.3. The first-order valence-electron chi connectivity index (χ1n) is 22.2. The molecular weight excluding hydrogens is 1030 g/mol. The number of anilines is 2. The molecule has 0 aromatic heterocycles. The standard InChI is InChI=1S/C45H56N2O19S5/c1-5-46-35-16-14-31-33(25-29(68(53,54)55)27-37(31)70(59,60)61)42(35)45(3,19-21-66-23-22-65-4)39(46)11-9-12-40-44(2,18-10-24-67(50,51)52)43-34-26-30(69(56,57)58)28-38(71(62,63)64)32(34)15-17-36(43)47(40)20-8-6-7-13-41(48)49/h9,11-12,14-17,25-28,39H,5-8,10,13,18-24H2,1-4H3,(H,48,49)(H,50,51,52)(H,53,54,55)(H,56,57,58)(H,59,60,61)(H,62,63,64). The van der Waals surface area contributed by atoms with Crippen LogP contribution in [0, 0.1) is 0 Å². The van der Waals surface area contributed by atoms with Crippen molar-refractivity contribution in [2.75, 3.05) is 55.6 Å². The fraction of sp³-hybridized carbons (Fsp3) is 0.444. The van der Waals surface area contributed by atoms with E-state index in [0.717, 1.165) is 12.1 Å². The number of benzene rings is 4. The molecule has 2 aliphatic heterocycles. The predicted octanol–water partition coefficient (Wildman–Crippen LogP) is 6.03. The van der Waals surface area contributed by atoms with Crippen molar-refractivity contribution < 1.29 is 84.2 Å². The Hall–Kier alpha value is -4.58. The fourth-order valence-corrected chi connectivity index (χ4v) is 13.3. The Morgan fingerprint density at radius 1 is 0.676 bits per heavy atom. The maximum Gasteiger partial charge on any atom is 0.303 e. The number of allylic oxidation sites excluding steroid dienone is 3. The number of aliphatic carboxylic acids is 1. The maximum atomic E-state index is 12.8. The lowest BCUT2D eigenvalue weighted by molar-refractivity contribution is -0.137. The van der Waals surface area contributed by atoms with Gasteiger partial charge in [0.15, 0.2) is 0 Å². The van der Waals surface area contributed by atoms with Crippen LogP contribution in [-0.4, -0.2) is 128 Å². The molecule has 2 heterocycles. The van der Waals surface area contributed by atoms with Crippen molar-refractivity contribution in [3.05, 3.63) is 83.6 Å². The number of carbonyl (C=O) groups is 1. The molecule has 21 nitrogen and oxygen atoms in total. The molecule has 3 atom stereocenters. The molecule has 0 fully saturated rings. The van der Waals surface area contributed by atoms with E-state index >= 15 is 0 Å². The highest BCUT2D eigenvalue weighted by molar-refractivity contribution is 7.87. The largest absolute Gasteiger partial charge is 0.481 e. The first-order chi connectivity index (χ1) is 32.9. The lowest BCUT2D eigenvalue weighted by Crippen LogP contribution is -2.42. The maximum absolute atomic E-state index is 12.8. The van der Waals surface area contributed by atoms with Gasteiger partial charge in [-0.15, -0.1) is 0 Å². The summed E-state index contributed by atoms with van der Waals surface area (Å²) in [6.07, 6.45) is 6.21. The number of ether oxygens (including phenoxy) is 2. The van der Waals surface area contributed by atoms with Crippen molar-refractivity contribution in [1.29, 1.82) is 0 Å². The monoisotopic (exact) mass is 1090 g/mol. The molecule has 0 aliphatic carbocycles. The van der Waals surface area contributed by atoms with Gasteiger partial charge in [-0.2, -0.15) is 42.1 Å². The quantitative estimate of drug-likeness (QED) is 0.0365. The fourth-order valence-electron chi connectivity index (χ4n) is 10.1. The number of nitrogens with zero attached hydrogens (tertiary/aromatic N) is 2. The van der Waals surface area contributed by atoms with Gasteiger partial charge in [0, 0.05) is 71.9 Å². The van der Waals surface area contributed by atoms with E-state index in [-0.39, 0.29) is 79.2 Å². The van der Waals surface area contributed by atoms with Gasteiger partial charge in [-0.25, -0.2) is 0 Å². The molecule has 4 aromatic rings. The van der Waals surface area contributed by atoms with Crippen LogP contribution in [0.15, 0.2) is 92.0 Å². The van der Waals surface area contributed by atoms with E-state index in [9.17, 15) is 74.8 Å². The lowest BCUT2D eigenvalue weighted by Gasteiger charge is -2.35. The van der Waals surface area contributed by atoms with E-state index < -0.39 is 98.8 Å². The average molecular weight is 1090 g/mol. The molecular formula is C45H56N2O19S5. The number of hydrogen-bond donors (Lipinski definition) is 6. The zero-order valence-corrected chi connectivity index (χ0v) is 43.1. The molecule has 6 N–H and O–H groups in total. The highest BCUT2D eigenvalue weighted by Gasteiger charge is 2.48.